The van der Waals surface area contributed by atoms with E-state index >= 15 is 0 Å². The highest BCUT2D eigenvalue weighted by Crippen LogP contribution is 2.01. The lowest BCUT2D eigenvalue weighted by molar-refractivity contribution is 0.292. The van der Waals surface area contributed by atoms with Crippen LogP contribution in [0.4, 0.5) is 5.82 Å². The summed E-state index contributed by atoms with van der Waals surface area (Å²) in [4.78, 5) is 11.5. The van der Waals surface area contributed by atoms with Crippen molar-refractivity contribution in [1.82, 2.24) is 20.5 Å². The van der Waals surface area contributed by atoms with Crippen molar-refractivity contribution in [2.45, 2.75) is 59.4 Å². The maximum Gasteiger partial charge on any atom is 0.191 e. The zero-order valence-corrected chi connectivity index (χ0v) is 17.8. The fourth-order valence-corrected chi connectivity index (χ4v) is 2.90. The highest BCUT2D eigenvalue weighted by molar-refractivity contribution is 5.80. The molecule has 0 saturated carbocycles. The third kappa shape index (κ3) is 11.5. The third-order valence-electron chi connectivity index (χ3n) is 4.56. The van der Waals surface area contributed by atoms with Gasteiger partial charge >= 0.3 is 0 Å². The molecule has 0 aliphatic rings. The molecule has 1 rings (SSSR count). The van der Waals surface area contributed by atoms with Gasteiger partial charge in [-0.1, -0.05) is 19.9 Å². The van der Waals surface area contributed by atoms with E-state index < -0.39 is 0 Å². The van der Waals surface area contributed by atoms with Crippen LogP contribution in [0.1, 0.15) is 53.4 Å². The number of anilines is 1. The highest BCUT2D eigenvalue weighted by atomic mass is 15.2. The first-order chi connectivity index (χ1) is 13.2. The largest absolute Gasteiger partial charge is 0.370 e. The van der Waals surface area contributed by atoms with Crippen LogP contribution in [-0.4, -0.2) is 61.2 Å². The summed E-state index contributed by atoms with van der Waals surface area (Å²) in [5.41, 5.74) is 0. The smallest absolute Gasteiger partial charge is 0.191 e. The van der Waals surface area contributed by atoms with Gasteiger partial charge in [0.25, 0.3) is 0 Å². The van der Waals surface area contributed by atoms with Gasteiger partial charge in [0.15, 0.2) is 5.96 Å². The van der Waals surface area contributed by atoms with Gasteiger partial charge in [-0.25, -0.2) is 4.98 Å². The summed E-state index contributed by atoms with van der Waals surface area (Å²) in [5, 5.41) is 10.2. The fraction of sp³-hybridized carbons (Fsp3) is 0.714. The molecule has 154 valence electrons. The van der Waals surface area contributed by atoms with Gasteiger partial charge in [-0.2, -0.15) is 0 Å². The molecular formula is C21H40N6. The van der Waals surface area contributed by atoms with Crippen molar-refractivity contribution in [1.29, 1.82) is 0 Å². The van der Waals surface area contributed by atoms with Crippen LogP contribution in [0, 0.1) is 0 Å². The van der Waals surface area contributed by atoms with E-state index in [1.807, 2.05) is 24.4 Å². The van der Waals surface area contributed by atoms with Crippen LogP contribution in [0.25, 0.3) is 0 Å². The molecule has 1 atom stereocenters. The van der Waals surface area contributed by atoms with Crippen LogP contribution in [-0.2, 0) is 0 Å². The summed E-state index contributed by atoms with van der Waals surface area (Å²) < 4.78 is 0. The Kier molecular flexibility index (Phi) is 13.1. The Morgan fingerprint density at radius 2 is 1.96 bits per heavy atom. The predicted octanol–water partition coefficient (Wildman–Crippen LogP) is 3.34. The average molecular weight is 377 g/mol. The minimum atomic E-state index is 0.434. The van der Waals surface area contributed by atoms with E-state index in [1.165, 1.54) is 13.0 Å². The van der Waals surface area contributed by atoms with E-state index in [1.54, 1.807) is 0 Å². The van der Waals surface area contributed by atoms with Crippen molar-refractivity contribution in [3.8, 4) is 0 Å². The number of guanidine groups is 1. The Morgan fingerprint density at radius 1 is 1.15 bits per heavy atom. The minimum absolute atomic E-state index is 0.434. The van der Waals surface area contributed by atoms with E-state index in [4.69, 9.17) is 4.99 Å². The van der Waals surface area contributed by atoms with Gasteiger partial charge in [-0.3, -0.25) is 4.99 Å². The van der Waals surface area contributed by atoms with E-state index in [2.05, 4.69) is 53.5 Å². The first-order valence-electron chi connectivity index (χ1n) is 10.6. The highest BCUT2D eigenvalue weighted by Gasteiger charge is 2.06. The first-order valence-corrected chi connectivity index (χ1v) is 10.6. The molecule has 0 aliphatic heterocycles. The van der Waals surface area contributed by atoms with Crippen molar-refractivity contribution < 1.29 is 0 Å². The molecule has 1 heterocycles. The molecule has 6 nitrogen and oxygen atoms in total. The lowest BCUT2D eigenvalue weighted by Gasteiger charge is -2.21. The topological polar surface area (TPSA) is 64.6 Å². The summed E-state index contributed by atoms with van der Waals surface area (Å²) in [6, 6.07) is 6.35. The molecule has 1 unspecified atom stereocenters. The molecular weight excluding hydrogens is 336 g/mol. The number of aromatic nitrogens is 1. The average Bonchev–Trinajstić information content (AvgIpc) is 2.69. The molecule has 0 radical (unpaired) electrons. The third-order valence-corrected chi connectivity index (χ3v) is 4.56. The normalized spacial score (nSPS) is 12.9. The molecule has 0 amide bonds. The van der Waals surface area contributed by atoms with Gasteiger partial charge in [0.1, 0.15) is 5.82 Å². The van der Waals surface area contributed by atoms with E-state index in [0.29, 0.717) is 6.04 Å². The molecule has 0 bridgehead atoms. The summed E-state index contributed by atoms with van der Waals surface area (Å²) in [5.74, 6) is 1.88. The second kappa shape index (κ2) is 15.3. The van der Waals surface area contributed by atoms with Gasteiger partial charge in [0, 0.05) is 31.9 Å². The lowest BCUT2D eigenvalue weighted by Crippen LogP contribution is -2.42. The number of pyridine rings is 1. The Hall–Kier alpha value is -1.82. The van der Waals surface area contributed by atoms with E-state index in [-0.39, 0.29) is 0 Å². The summed E-state index contributed by atoms with van der Waals surface area (Å²) >= 11 is 0. The van der Waals surface area contributed by atoms with Gasteiger partial charge < -0.3 is 20.9 Å². The Labute approximate surface area is 166 Å². The maximum atomic E-state index is 4.71. The molecule has 0 aliphatic carbocycles. The second-order valence-corrected chi connectivity index (χ2v) is 6.82. The Morgan fingerprint density at radius 3 is 2.63 bits per heavy atom. The molecule has 3 N–H and O–H groups in total. The van der Waals surface area contributed by atoms with Crippen LogP contribution in [0.2, 0.25) is 0 Å². The number of hydrogen-bond donors (Lipinski definition) is 3. The molecule has 27 heavy (non-hydrogen) atoms. The van der Waals surface area contributed by atoms with Gasteiger partial charge in [0.05, 0.1) is 0 Å². The molecule has 0 spiro atoms. The summed E-state index contributed by atoms with van der Waals surface area (Å²) in [6.45, 7) is 14.9. The lowest BCUT2D eigenvalue weighted by atomic mass is 10.2. The molecule has 0 saturated heterocycles. The maximum absolute atomic E-state index is 4.71. The number of rotatable bonds is 14. The Balaban J connectivity index is 2.22. The number of unbranched alkanes of at least 4 members (excludes halogenated alkanes) is 1. The quantitative estimate of drug-likeness (QED) is 0.264. The standard InChI is InChI=1S/C21H40N6/c1-5-22-21(26-19(4)13-12-18-27(6-2)7-3)25-17-11-10-16-24-20-14-8-9-15-23-20/h8-9,14-15,19H,5-7,10-13,16-18H2,1-4H3,(H,23,24)(H2,22,25,26). The molecule has 0 aromatic carbocycles. The van der Waals surface area contributed by atoms with Gasteiger partial charge in [0.2, 0.25) is 0 Å². The molecule has 0 fully saturated rings. The molecule has 1 aromatic heterocycles. The van der Waals surface area contributed by atoms with E-state index in [9.17, 15) is 0 Å². The predicted molar refractivity (Wildman–Crippen MR) is 118 cm³/mol. The number of nitrogens with one attached hydrogen (secondary N) is 3. The van der Waals surface area contributed by atoms with Crippen molar-refractivity contribution in [3.05, 3.63) is 24.4 Å². The second-order valence-electron chi connectivity index (χ2n) is 6.82. The zero-order chi connectivity index (χ0) is 19.7. The number of aliphatic imine (C=N–C) groups is 1. The van der Waals surface area contributed by atoms with Gasteiger partial charge in [-0.15, -0.1) is 0 Å². The summed E-state index contributed by atoms with van der Waals surface area (Å²) in [6.07, 6.45) is 6.33. The van der Waals surface area contributed by atoms with Crippen LogP contribution >= 0.6 is 0 Å². The van der Waals surface area contributed by atoms with Crippen LogP contribution in [0.3, 0.4) is 0 Å². The van der Waals surface area contributed by atoms with Crippen molar-refractivity contribution in [3.63, 3.8) is 0 Å². The van der Waals surface area contributed by atoms with Crippen LogP contribution in [0.15, 0.2) is 29.4 Å². The van der Waals surface area contributed by atoms with Crippen molar-refractivity contribution >= 4 is 11.8 Å². The zero-order valence-electron chi connectivity index (χ0n) is 17.8. The van der Waals surface area contributed by atoms with Gasteiger partial charge in [-0.05, 0) is 71.3 Å². The number of hydrogen-bond acceptors (Lipinski definition) is 4. The minimum Gasteiger partial charge on any atom is -0.370 e. The fourth-order valence-electron chi connectivity index (χ4n) is 2.90. The monoisotopic (exact) mass is 376 g/mol. The Bertz CT molecular complexity index is 487. The van der Waals surface area contributed by atoms with Crippen molar-refractivity contribution in [2.75, 3.05) is 44.6 Å². The summed E-state index contributed by atoms with van der Waals surface area (Å²) in [7, 11) is 0. The number of nitrogens with zero attached hydrogens (tertiary/aromatic N) is 3. The van der Waals surface area contributed by atoms with Crippen LogP contribution in [0.5, 0.6) is 0 Å². The SMILES string of the molecule is CCNC(=NCCCCNc1ccccn1)NC(C)CCCN(CC)CC. The first kappa shape index (κ1) is 23.2. The molecule has 6 heteroatoms. The van der Waals surface area contributed by atoms with E-state index in [0.717, 1.165) is 63.8 Å². The van der Waals surface area contributed by atoms with Crippen LogP contribution < -0.4 is 16.0 Å². The van der Waals surface area contributed by atoms with Crippen molar-refractivity contribution in [2.24, 2.45) is 4.99 Å². The molecule has 1 aromatic rings.